The van der Waals surface area contributed by atoms with Crippen LogP contribution in [0.1, 0.15) is 32.0 Å². The predicted octanol–water partition coefficient (Wildman–Crippen LogP) is 2.33. The van der Waals surface area contributed by atoms with Crippen LogP contribution in [0.15, 0.2) is 54.7 Å². The normalized spacial score (nSPS) is 10.4. The lowest BCUT2D eigenvalue weighted by Gasteiger charge is -2.04. The number of hydrogen-bond donors (Lipinski definition) is 1. The molecule has 0 spiro atoms. The summed E-state index contributed by atoms with van der Waals surface area (Å²) in [6, 6.07) is 14.3. The van der Waals surface area contributed by atoms with Crippen molar-refractivity contribution in [2.45, 2.75) is 13.3 Å². The molecule has 0 saturated heterocycles. The maximum absolute atomic E-state index is 12.1. The number of nitrogens with one attached hydrogen (secondary N) is 1. The number of esters is 1. The summed E-state index contributed by atoms with van der Waals surface area (Å²) in [6.45, 7) is 2.45. The number of rotatable bonds is 6. The Morgan fingerprint density at radius 1 is 1.04 bits per heavy atom. The van der Waals surface area contributed by atoms with Crippen molar-refractivity contribution in [2.24, 2.45) is 0 Å². The van der Waals surface area contributed by atoms with Gasteiger partial charge in [-0.1, -0.05) is 22.9 Å². The van der Waals surface area contributed by atoms with Gasteiger partial charge in [-0.25, -0.2) is 9.48 Å². The first-order valence-electron chi connectivity index (χ1n) is 8.51. The van der Waals surface area contributed by atoms with Gasteiger partial charge >= 0.3 is 5.97 Å². The predicted molar refractivity (Wildman–Crippen MR) is 99.9 cm³/mol. The van der Waals surface area contributed by atoms with Crippen molar-refractivity contribution >= 4 is 11.9 Å². The minimum absolute atomic E-state index is 0.110. The third kappa shape index (κ3) is 4.58. The Morgan fingerprint density at radius 2 is 1.70 bits per heavy atom. The Balaban J connectivity index is 1.55. The average Bonchev–Trinajstić information content (AvgIpc) is 3.17. The van der Waals surface area contributed by atoms with Gasteiger partial charge in [0.05, 0.1) is 30.3 Å². The van der Waals surface area contributed by atoms with Gasteiger partial charge in [-0.2, -0.15) is 0 Å². The van der Waals surface area contributed by atoms with Crippen molar-refractivity contribution in [1.29, 1.82) is 0 Å². The van der Waals surface area contributed by atoms with Crippen LogP contribution in [-0.2, 0) is 11.2 Å². The maximum atomic E-state index is 12.1. The number of amides is 1. The molecule has 1 aromatic heterocycles. The molecule has 3 aromatic rings. The third-order valence-electron chi connectivity index (χ3n) is 4.07. The first kappa shape index (κ1) is 18.3. The van der Waals surface area contributed by atoms with Crippen molar-refractivity contribution < 1.29 is 14.3 Å². The zero-order chi connectivity index (χ0) is 19.2. The Morgan fingerprint density at radius 3 is 2.37 bits per heavy atom. The first-order chi connectivity index (χ1) is 13.1. The van der Waals surface area contributed by atoms with Gasteiger partial charge < -0.3 is 10.1 Å². The van der Waals surface area contributed by atoms with Crippen LogP contribution in [0.4, 0.5) is 0 Å². The van der Waals surface area contributed by atoms with Crippen molar-refractivity contribution in [3.63, 3.8) is 0 Å². The Kier molecular flexibility index (Phi) is 5.61. The second kappa shape index (κ2) is 8.27. The van der Waals surface area contributed by atoms with Crippen LogP contribution in [0.5, 0.6) is 0 Å². The quantitative estimate of drug-likeness (QED) is 0.679. The zero-order valence-electron chi connectivity index (χ0n) is 15.2. The second-order valence-corrected chi connectivity index (χ2v) is 6.06. The molecule has 0 unspecified atom stereocenters. The standard InChI is InChI=1S/C20H20N4O3/c1-14-3-5-15(6-4-14)19(25)21-12-11-17-13-24(23-22-17)18-9-7-16(8-10-18)20(26)27-2/h3-10,13H,11-12H2,1-2H3,(H,21,25). The Hall–Kier alpha value is -3.48. The van der Waals surface area contributed by atoms with Gasteiger partial charge in [-0.3, -0.25) is 4.79 Å². The number of benzene rings is 2. The van der Waals surface area contributed by atoms with Crippen LogP contribution in [0, 0.1) is 6.92 Å². The Labute approximate surface area is 157 Å². The summed E-state index contributed by atoms with van der Waals surface area (Å²) >= 11 is 0. The highest BCUT2D eigenvalue weighted by molar-refractivity contribution is 5.94. The number of hydrogen-bond acceptors (Lipinski definition) is 5. The maximum Gasteiger partial charge on any atom is 0.337 e. The summed E-state index contributed by atoms with van der Waals surface area (Å²) in [5.41, 5.74) is 3.76. The molecular formula is C20H20N4O3. The highest BCUT2D eigenvalue weighted by Gasteiger charge is 2.08. The molecule has 0 saturated carbocycles. The van der Waals surface area contributed by atoms with E-state index in [9.17, 15) is 9.59 Å². The lowest BCUT2D eigenvalue weighted by Crippen LogP contribution is -2.25. The number of nitrogens with zero attached hydrogens (tertiary/aromatic N) is 3. The summed E-state index contributed by atoms with van der Waals surface area (Å²) < 4.78 is 6.30. The lowest BCUT2D eigenvalue weighted by atomic mass is 10.1. The minimum atomic E-state index is -0.384. The van der Waals surface area contributed by atoms with Gasteiger partial charge in [0, 0.05) is 18.5 Å². The van der Waals surface area contributed by atoms with E-state index in [1.165, 1.54) is 7.11 Å². The van der Waals surface area contributed by atoms with E-state index >= 15 is 0 Å². The number of carbonyl (C=O) groups excluding carboxylic acids is 2. The molecule has 0 aliphatic heterocycles. The molecule has 1 amide bonds. The van der Waals surface area contributed by atoms with Gasteiger partial charge in [0.2, 0.25) is 0 Å². The van der Waals surface area contributed by atoms with E-state index < -0.39 is 0 Å². The minimum Gasteiger partial charge on any atom is -0.465 e. The lowest BCUT2D eigenvalue weighted by molar-refractivity contribution is 0.0600. The van der Waals surface area contributed by atoms with Crippen LogP contribution >= 0.6 is 0 Å². The molecule has 7 nitrogen and oxygen atoms in total. The van der Waals surface area contributed by atoms with Crippen LogP contribution in [0.3, 0.4) is 0 Å². The third-order valence-corrected chi connectivity index (χ3v) is 4.07. The van der Waals surface area contributed by atoms with E-state index in [0.29, 0.717) is 24.1 Å². The Bertz CT molecular complexity index is 931. The number of aryl methyl sites for hydroxylation is 1. The smallest absolute Gasteiger partial charge is 0.337 e. The average molecular weight is 364 g/mol. The van der Waals surface area contributed by atoms with E-state index in [0.717, 1.165) is 16.9 Å². The summed E-state index contributed by atoms with van der Waals surface area (Å²) in [4.78, 5) is 23.6. The molecule has 1 heterocycles. The molecule has 0 aliphatic rings. The van der Waals surface area contributed by atoms with Crippen LogP contribution in [-0.4, -0.2) is 40.5 Å². The van der Waals surface area contributed by atoms with E-state index in [4.69, 9.17) is 0 Å². The van der Waals surface area contributed by atoms with E-state index in [1.54, 1.807) is 47.3 Å². The van der Waals surface area contributed by atoms with Gasteiger partial charge in [0.15, 0.2) is 0 Å². The van der Waals surface area contributed by atoms with Crippen molar-refractivity contribution in [3.8, 4) is 5.69 Å². The highest BCUT2D eigenvalue weighted by Crippen LogP contribution is 2.10. The molecule has 27 heavy (non-hydrogen) atoms. The molecule has 138 valence electrons. The largest absolute Gasteiger partial charge is 0.465 e. The van der Waals surface area contributed by atoms with Crippen LogP contribution in [0.2, 0.25) is 0 Å². The number of aromatic nitrogens is 3. The van der Waals surface area contributed by atoms with Crippen molar-refractivity contribution in [2.75, 3.05) is 13.7 Å². The summed E-state index contributed by atoms with van der Waals surface area (Å²) in [6.07, 6.45) is 2.36. The van der Waals surface area contributed by atoms with Crippen LogP contribution < -0.4 is 5.32 Å². The fourth-order valence-corrected chi connectivity index (χ4v) is 2.52. The highest BCUT2D eigenvalue weighted by atomic mass is 16.5. The second-order valence-electron chi connectivity index (χ2n) is 6.06. The SMILES string of the molecule is COC(=O)c1ccc(-n2cc(CCNC(=O)c3ccc(C)cc3)nn2)cc1. The van der Waals surface area contributed by atoms with Gasteiger partial charge in [0.1, 0.15) is 0 Å². The van der Waals surface area contributed by atoms with E-state index in [2.05, 4.69) is 20.4 Å². The van der Waals surface area contributed by atoms with Crippen molar-refractivity contribution in [3.05, 3.63) is 77.1 Å². The molecule has 0 aliphatic carbocycles. The molecule has 2 aromatic carbocycles. The molecule has 0 bridgehead atoms. The van der Waals surface area contributed by atoms with E-state index in [1.807, 2.05) is 19.1 Å². The fourth-order valence-electron chi connectivity index (χ4n) is 2.52. The molecule has 0 atom stereocenters. The monoisotopic (exact) mass is 364 g/mol. The number of methoxy groups -OCH3 is 1. The number of carbonyl (C=O) groups is 2. The van der Waals surface area contributed by atoms with Crippen LogP contribution in [0.25, 0.3) is 5.69 Å². The van der Waals surface area contributed by atoms with E-state index in [-0.39, 0.29) is 11.9 Å². The molecular weight excluding hydrogens is 344 g/mol. The zero-order valence-corrected chi connectivity index (χ0v) is 15.2. The molecule has 3 rings (SSSR count). The van der Waals surface area contributed by atoms with Gasteiger partial charge in [-0.05, 0) is 43.3 Å². The topological polar surface area (TPSA) is 86.1 Å². The summed E-state index contributed by atoms with van der Waals surface area (Å²) in [7, 11) is 1.34. The van der Waals surface area contributed by atoms with Gasteiger partial charge in [-0.15, -0.1) is 5.10 Å². The molecule has 7 heteroatoms. The summed E-state index contributed by atoms with van der Waals surface area (Å²) in [5, 5.41) is 11.1. The van der Waals surface area contributed by atoms with Gasteiger partial charge in [0.25, 0.3) is 5.91 Å². The first-order valence-corrected chi connectivity index (χ1v) is 8.51. The molecule has 0 radical (unpaired) electrons. The molecule has 1 N–H and O–H groups in total. The number of ether oxygens (including phenoxy) is 1. The van der Waals surface area contributed by atoms with Crippen molar-refractivity contribution in [1.82, 2.24) is 20.3 Å². The fraction of sp³-hybridized carbons (Fsp3) is 0.200. The summed E-state index contributed by atoms with van der Waals surface area (Å²) in [5.74, 6) is -0.495. The molecule has 0 fully saturated rings.